The molecule has 0 radical (unpaired) electrons. The molecule has 6 rings (SSSR count). The normalized spacial score (nSPS) is 16.3. The van der Waals surface area contributed by atoms with Gasteiger partial charge in [0.2, 0.25) is 0 Å². The van der Waals surface area contributed by atoms with E-state index in [9.17, 15) is 14.9 Å². The van der Waals surface area contributed by atoms with E-state index < -0.39 is 0 Å². The Balaban J connectivity index is 1.15. The van der Waals surface area contributed by atoms with E-state index in [2.05, 4.69) is 38.3 Å². The number of nitrogens with one attached hydrogen (secondary N) is 1. The van der Waals surface area contributed by atoms with Crippen molar-refractivity contribution >= 4 is 17.4 Å². The number of ether oxygens (including phenoxy) is 1. The number of hydrogen-bond acceptors (Lipinski definition) is 8. The highest BCUT2D eigenvalue weighted by atomic mass is 16.5. The number of aromatic nitrogens is 3. The molecule has 1 N–H and O–H groups in total. The predicted molar refractivity (Wildman–Crippen MR) is 154 cm³/mol. The van der Waals surface area contributed by atoms with Crippen LogP contribution in [0.5, 0.6) is 5.75 Å². The summed E-state index contributed by atoms with van der Waals surface area (Å²) in [6.07, 6.45) is 3.36. The minimum absolute atomic E-state index is 0.0605. The molecule has 41 heavy (non-hydrogen) atoms. The van der Waals surface area contributed by atoms with Crippen LogP contribution >= 0.6 is 0 Å². The number of carbonyl (C=O) groups excluding carboxylic acids is 1. The first-order valence-electron chi connectivity index (χ1n) is 13.5. The van der Waals surface area contributed by atoms with Crippen molar-refractivity contribution in [3.8, 4) is 11.8 Å². The average molecular weight is 548 g/mol. The highest BCUT2D eigenvalue weighted by Gasteiger charge is 2.32. The smallest absolute Gasteiger partial charge is 0.269 e. The van der Waals surface area contributed by atoms with Gasteiger partial charge in [-0.1, -0.05) is 30.3 Å². The van der Waals surface area contributed by atoms with Crippen molar-refractivity contribution in [2.75, 3.05) is 42.6 Å². The van der Waals surface area contributed by atoms with E-state index in [-0.39, 0.29) is 17.5 Å². The highest BCUT2D eigenvalue weighted by Crippen LogP contribution is 2.38. The van der Waals surface area contributed by atoms with Crippen LogP contribution in [0.15, 0.2) is 77.9 Å². The van der Waals surface area contributed by atoms with Crippen LogP contribution < -0.4 is 20.1 Å². The van der Waals surface area contributed by atoms with Crippen molar-refractivity contribution in [1.82, 2.24) is 20.1 Å². The molecular formula is C31H29N7O3. The quantitative estimate of drug-likeness (QED) is 0.390. The second-order valence-corrected chi connectivity index (χ2v) is 10.2. The average Bonchev–Trinajstić information content (AvgIpc) is 3.39. The number of nitrogens with zero attached hydrogens (tertiary/aromatic N) is 6. The highest BCUT2D eigenvalue weighted by molar-refractivity contribution is 5.94. The van der Waals surface area contributed by atoms with Crippen LogP contribution in [0.4, 0.5) is 11.5 Å². The number of aromatic amines is 1. The first-order chi connectivity index (χ1) is 20.0. The Hall–Kier alpha value is -5.17. The lowest BCUT2D eigenvalue weighted by Crippen LogP contribution is -2.49. The monoisotopic (exact) mass is 547 g/mol. The summed E-state index contributed by atoms with van der Waals surface area (Å²) >= 11 is 0. The number of rotatable bonds is 6. The molecule has 0 saturated carbocycles. The molecule has 2 aromatic heterocycles. The Labute approximate surface area is 237 Å². The van der Waals surface area contributed by atoms with Gasteiger partial charge in [-0.15, -0.1) is 0 Å². The number of pyridine rings is 1. The summed E-state index contributed by atoms with van der Waals surface area (Å²) in [6.45, 7) is 5.04. The number of benzene rings is 2. The first kappa shape index (κ1) is 26.1. The molecule has 0 aliphatic carbocycles. The number of fused-ring (bicyclic) bond motifs is 1. The summed E-state index contributed by atoms with van der Waals surface area (Å²) in [4.78, 5) is 36.1. The largest absolute Gasteiger partial charge is 0.491 e. The van der Waals surface area contributed by atoms with Crippen LogP contribution in [0.1, 0.15) is 38.7 Å². The summed E-state index contributed by atoms with van der Waals surface area (Å²) in [5, 5.41) is 15.9. The maximum absolute atomic E-state index is 13.4. The van der Waals surface area contributed by atoms with E-state index in [1.807, 2.05) is 34.1 Å². The van der Waals surface area contributed by atoms with Gasteiger partial charge in [-0.25, -0.2) is 10.1 Å². The predicted octanol–water partition coefficient (Wildman–Crippen LogP) is 3.45. The zero-order chi connectivity index (χ0) is 28.3. The lowest BCUT2D eigenvalue weighted by atomic mass is 10.1. The van der Waals surface area contributed by atoms with Crippen LogP contribution in [-0.2, 0) is 6.54 Å². The van der Waals surface area contributed by atoms with E-state index in [4.69, 9.17) is 4.74 Å². The van der Waals surface area contributed by atoms with Crippen molar-refractivity contribution in [2.45, 2.75) is 19.5 Å². The molecule has 2 aliphatic rings. The van der Waals surface area contributed by atoms with Gasteiger partial charge in [0.05, 0.1) is 23.5 Å². The van der Waals surface area contributed by atoms with E-state index in [1.54, 1.807) is 43.6 Å². The van der Waals surface area contributed by atoms with Crippen molar-refractivity contribution in [2.24, 2.45) is 0 Å². The molecule has 10 heteroatoms. The first-order valence-corrected chi connectivity index (χ1v) is 13.5. The van der Waals surface area contributed by atoms with E-state index in [0.717, 1.165) is 11.3 Å². The van der Waals surface area contributed by atoms with Gasteiger partial charge in [0.15, 0.2) is 0 Å². The summed E-state index contributed by atoms with van der Waals surface area (Å²) in [5.74, 6) is 1.20. The van der Waals surface area contributed by atoms with E-state index >= 15 is 0 Å². The summed E-state index contributed by atoms with van der Waals surface area (Å²) < 4.78 is 6.28. The van der Waals surface area contributed by atoms with Gasteiger partial charge in [-0.2, -0.15) is 10.4 Å². The molecule has 1 amide bonds. The number of H-pyrrole nitrogens is 1. The fourth-order valence-electron chi connectivity index (χ4n) is 5.57. The summed E-state index contributed by atoms with van der Waals surface area (Å²) in [7, 11) is 0. The van der Waals surface area contributed by atoms with E-state index in [0.29, 0.717) is 67.6 Å². The van der Waals surface area contributed by atoms with Gasteiger partial charge in [0, 0.05) is 50.0 Å². The lowest BCUT2D eigenvalue weighted by Gasteiger charge is -2.35. The molecule has 4 aromatic rings. The second kappa shape index (κ2) is 11.1. The number of piperazine rings is 1. The lowest BCUT2D eigenvalue weighted by molar-refractivity contribution is 0.0746. The van der Waals surface area contributed by atoms with Gasteiger partial charge in [-0.3, -0.25) is 9.59 Å². The number of nitriles is 1. The topological polar surface area (TPSA) is 118 Å². The SMILES string of the molecule is Cc1c(N2Cc3ccccc3[C@H]2COc2cccc(C(=O)N3CCN(c4ncccc4C#N)CC3)c2)cn[nH]c1=O. The van der Waals surface area contributed by atoms with Gasteiger partial charge in [0.1, 0.15) is 24.2 Å². The molecule has 10 nitrogen and oxygen atoms in total. The van der Waals surface area contributed by atoms with Crippen LogP contribution in [-0.4, -0.2) is 58.8 Å². The Morgan fingerprint density at radius 2 is 1.93 bits per heavy atom. The molecule has 1 atom stereocenters. The standard InChI is InChI=1S/C31H29N7O3/c1-21-27(18-34-35-30(21)39)38-19-24-6-2-3-10-26(24)28(38)20-41-25-9-4-7-22(16-25)31(40)37-14-12-36(13-15-37)29-23(17-32)8-5-11-33-29/h2-11,16,18,28H,12-15,19-20H2,1H3,(H,35,39)/t28-/m1/s1. The third-order valence-electron chi connectivity index (χ3n) is 7.78. The number of amides is 1. The van der Waals surface area contributed by atoms with Gasteiger partial charge in [0.25, 0.3) is 11.5 Å². The van der Waals surface area contributed by atoms with Crippen molar-refractivity contribution in [3.63, 3.8) is 0 Å². The molecule has 0 unspecified atom stereocenters. The molecule has 1 saturated heterocycles. The maximum Gasteiger partial charge on any atom is 0.269 e. The Morgan fingerprint density at radius 3 is 2.76 bits per heavy atom. The van der Waals surface area contributed by atoms with E-state index in [1.165, 1.54) is 5.56 Å². The van der Waals surface area contributed by atoms with Crippen LogP contribution in [0.3, 0.4) is 0 Å². The van der Waals surface area contributed by atoms with Crippen molar-refractivity contribution in [1.29, 1.82) is 5.26 Å². The zero-order valence-corrected chi connectivity index (χ0v) is 22.7. The number of carbonyl (C=O) groups is 1. The fraction of sp³-hybridized carbons (Fsp3) is 0.258. The maximum atomic E-state index is 13.4. The minimum Gasteiger partial charge on any atom is -0.491 e. The zero-order valence-electron chi connectivity index (χ0n) is 22.7. The molecule has 0 spiro atoms. The molecule has 206 valence electrons. The fourth-order valence-corrected chi connectivity index (χ4v) is 5.57. The van der Waals surface area contributed by atoms with Crippen LogP contribution in [0.25, 0.3) is 0 Å². The van der Waals surface area contributed by atoms with Crippen molar-refractivity contribution in [3.05, 3.63) is 111 Å². The van der Waals surface area contributed by atoms with Crippen LogP contribution in [0.2, 0.25) is 0 Å². The van der Waals surface area contributed by atoms with Crippen molar-refractivity contribution < 1.29 is 9.53 Å². The number of hydrogen-bond donors (Lipinski definition) is 1. The third kappa shape index (κ3) is 5.10. The van der Waals surface area contributed by atoms with Gasteiger partial charge in [-0.05, 0) is 48.4 Å². The van der Waals surface area contributed by atoms with Crippen LogP contribution in [0, 0.1) is 18.3 Å². The summed E-state index contributed by atoms with van der Waals surface area (Å²) in [5.41, 5.74) is 4.58. The Bertz CT molecular complexity index is 1690. The molecule has 1 fully saturated rings. The Kier molecular flexibility index (Phi) is 7.08. The molecule has 0 bridgehead atoms. The van der Waals surface area contributed by atoms with Gasteiger partial charge < -0.3 is 19.4 Å². The Morgan fingerprint density at radius 1 is 1.10 bits per heavy atom. The third-order valence-corrected chi connectivity index (χ3v) is 7.78. The second-order valence-electron chi connectivity index (χ2n) is 10.2. The molecule has 2 aliphatic heterocycles. The molecule has 4 heterocycles. The molecular weight excluding hydrogens is 518 g/mol. The minimum atomic E-state index is -0.212. The van der Waals surface area contributed by atoms with Gasteiger partial charge >= 0.3 is 0 Å². The summed E-state index contributed by atoms with van der Waals surface area (Å²) in [6, 6.07) is 21.0. The number of anilines is 2. The molecule has 2 aromatic carbocycles.